The van der Waals surface area contributed by atoms with E-state index in [4.69, 9.17) is 5.84 Å². The maximum atomic E-state index is 5.31. The highest BCUT2D eigenvalue weighted by molar-refractivity contribution is 5.05. The standard InChI is InChI=1S/C11H22N2/c1-9-4-3-5-11(8-13-12)10(2)7-6-9/h8-10,13H,3-7,12H2,1-2H3/b11-8-. The first-order valence-corrected chi connectivity index (χ1v) is 5.39. The van der Waals surface area contributed by atoms with Crippen LogP contribution in [0.1, 0.15) is 46.0 Å². The van der Waals surface area contributed by atoms with E-state index in [1.165, 1.54) is 37.7 Å². The van der Waals surface area contributed by atoms with Crippen LogP contribution in [-0.4, -0.2) is 0 Å². The van der Waals surface area contributed by atoms with Gasteiger partial charge in [0.2, 0.25) is 0 Å². The normalized spacial score (nSPS) is 33.9. The molecule has 2 atom stereocenters. The topological polar surface area (TPSA) is 38.0 Å². The van der Waals surface area contributed by atoms with Gasteiger partial charge in [-0.25, -0.2) is 0 Å². The second-order valence-electron chi connectivity index (χ2n) is 4.36. The molecule has 0 amide bonds. The molecular formula is C11H22N2. The summed E-state index contributed by atoms with van der Waals surface area (Å²) in [6.07, 6.45) is 8.57. The van der Waals surface area contributed by atoms with E-state index in [-0.39, 0.29) is 0 Å². The third-order valence-electron chi connectivity index (χ3n) is 3.16. The fraction of sp³-hybridized carbons (Fsp3) is 0.818. The molecule has 2 unspecified atom stereocenters. The van der Waals surface area contributed by atoms with Gasteiger partial charge in [0.15, 0.2) is 0 Å². The van der Waals surface area contributed by atoms with Crippen LogP contribution in [0.3, 0.4) is 0 Å². The summed E-state index contributed by atoms with van der Waals surface area (Å²) in [4.78, 5) is 0. The van der Waals surface area contributed by atoms with Crippen LogP contribution in [0.2, 0.25) is 0 Å². The van der Waals surface area contributed by atoms with Gasteiger partial charge in [-0.2, -0.15) is 0 Å². The Bertz CT molecular complexity index is 175. The van der Waals surface area contributed by atoms with Crippen molar-refractivity contribution in [1.29, 1.82) is 0 Å². The van der Waals surface area contributed by atoms with Crippen molar-refractivity contribution in [2.45, 2.75) is 46.0 Å². The molecule has 3 N–H and O–H groups in total. The Morgan fingerprint density at radius 2 is 2.08 bits per heavy atom. The number of nitrogens with one attached hydrogen (secondary N) is 1. The number of hydrogen-bond donors (Lipinski definition) is 2. The van der Waals surface area contributed by atoms with Crippen molar-refractivity contribution in [3.8, 4) is 0 Å². The zero-order chi connectivity index (χ0) is 9.68. The molecule has 0 bridgehead atoms. The molecule has 2 nitrogen and oxygen atoms in total. The Kier molecular flexibility index (Phi) is 4.29. The van der Waals surface area contributed by atoms with E-state index in [2.05, 4.69) is 19.3 Å². The summed E-state index contributed by atoms with van der Waals surface area (Å²) < 4.78 is 0. The zero-order valence-corrected chi connectivity index (χ0v) is 8.84. The van der Waals surface area contributed by atoms with E-state index in [1.54, 1.807) is 0 Å². The summed E-state index contributed by atoms with van der Waals surface area (Å²) in [6, 6.07) is 0. The fourth-order valence-electron chi connectivity index (χ4n) is 2.09. The van der Waals surface area contributed by atoms with Crippen molar-refractivity contribution < 1.29 is 0 Å². The third-order valence-corrected chi connectivity index (χ3v) is 3.16. The maximum absolute atomic E-state index is 5.31. The highest BCUT2D eigenvalue weighted by Gasteiger charge is 2.14. The van der Waals surface area contributed by atoms with Gasteiger partial charge in [-0.3, -0.25) is 5.84 Å². The summed E-state index contributed by atoms with van der Waals surface area (Å²) in [5.74, 6) is 6.93. The predicted molar refractivity (Wildman–Crippen MR) is 56.8 cm³/mol. The molecule has 2 heteroatoms. The number of hydrazine groups is 1. The first-order chi connectivity index (χ1) is 6.24. The summed E-state index contributed by atoms with van der Waals surface area (Å²) >= 11 is 0. The Balaban J connectivity index is 2.51. The molecule has 13 heavy (non-hydrogen) atoms. The van der Waals surface area contributed by atoms with Crippen LogP contribution >= 0.6 is 0 Å². The quantitative estimate of drug-likeness (QED) is 0.483. The van der Waals surface area contributed by atoms with Crippen LogP contribution in [0.5, 0.6) is 0 Å². The van der Waals surface area contributed by atoms with E-state index in [0.717, 1.165) is 5.92 Å². The van der Waals surface area contributed by atoms with Gasteiger partial charge in [0.1, 0.15) is 0 Å². The van der Waals surface area contributed by atoms with Gasteiger partial charge < -0.3 is 5.43 Å². The lowest BCUT2D eigenvalue weighted by Gasteiger charge is -2.22. The van der Waals surface area contributed by atoms with Gasteiger partial charge in [0.25, 0.3) is 0 Å². The molecular weight excluding hydrogens is 160 g/mol. The Hall–Kier alpha value is -0.500. The minimum absolute atomic E-state index is 0.707. The van der Waals surface area contributed by atoms with E-state index >= 15 is 0 Å². The molecule has 0 aliphatic heterocycles. The second kappa shape index (κ2) is 5.28. The van der Waals surface area contributed by atoms with Crippen molar-refractivity contribution in [2.24, 2.45) is 17.7 Å². The highest BCUT2D eigenvalue weighted by Crippen LogP contribution is 2.28. The lowest BCUT2D eigenvalue weighted by molar-refractivity contribution is 0.392. The minimum Gasteiger partial charge on any atom is -0.331 e. The van der Waals surface area contributed by atoms with Crippen molar-refractivity contribution >= 4 is 0 Å². The maximum Gasteiger partial charge on any atom is 0.0117 e. The fourth-order valence-corrected chi connectivity index (χ4v) is 2.09. The minimum atomic E-state index is 0.707. The Labute approximate surface area is 81.6 Å². The van der Waals surface area contributed by atoms with E-state index < -0.39 is 0 Å². The molecule has 1 saturated carbocycles. The lowest BCUT2D eigenvalue weighted by Crippen LogP contribution is -2.17. The van der Waals surface area contributed by atoms with Crippen LogP contribution < -0.4 is 11.3 Å². The summed E-state index contributed by atoms with van der Waals surface area (Å²) in [5, 5.41) is 0. The molecule has 0 aromatic heterocycles. The smallest absolute Gasteiger partial charge is 0.0117 e. The van der Waals surface area contributed by atoms with Gasteiger partial charge in [-0.1, -0.05) is 32.3 Å². The molecule has 1 rings (SSSR count). The van der Waals surface area contributed by atoms with Crippen LogP contribution in [0, 0.1) is 11.8 Å². The molecule has 0 aromatic rings. The van der Waals surface area contributed by atoms with Crippen LogP contribution in [0.25, 0.3) is 0 Å². The summed E-state index contributed by atoms with van der Waals surface area (Å²) in [5.41, 5.74) is 4.16. The summed E-state index contributed by atoms with van der Waals surface area (Å²) in [6.45, 7) is 4.67. The van der Waals surface area contributed by atoms with Crippen LogP contribution in [0.15, 0.2) is 11.8 Å². The van der Waals surface area contributed by atoms with Crippen molar-refractivity contribution in [3.63, 3.8) is 0 Å². The van der Waals surface area contributed by atoms with E-state index in [0.29, 0.717) is 5.92 Å². The lowest BCUT2D eigenvalue weighted by atomic mass is 9.84. The van der Waals surface area contributed by atoms with Gasteiger partial charge >= 0.3 is 0 Å². The van der Waals surface area contributed by atoms with Gasteiger partial charge in [0.05, 0.1) is 0 Å². The SMILES string of the molecule is CC1CCC/C(=C/NN)C(C)CC1. The molecule has 76 valence electrons. The van der Waals surface area contributed by atoms with Crippen molar-refractivity contribution in [2.75, 3.05) is 0 Å². The van der Waals surface area contributed by atoms with Crippen LogP contribution in [-0.2, 0) is 0 Å². The molecule has 1 aliphatic rings. The largest absolute Gasteiger partial charge is 0.331 e. The van der Waals surface area contributed by atoms with Gasteiger partial charge in [0, 0.05) is 6.20 Å². The number of allylic oxidation sites excluding steroid dienone is 1. The van der Waals surface area contributed by atoms with Crippen LogP contribution in [0.4, 0.5) is 0 Å². The van der Waals surface area contributed by atoms with E-state index in [9.17, 15) is 0 Å². The summed E-state index contributed by atoms with van der Waals surface area (Å²) in [7, 11) is 0. The number of hydrogen-bond acceptors (Lipinski definition) is 2. The third kappa shape index (κ3) is 3.39. The Morgan fingerprint density at radius 1 is 1.31 bits per heavy atom. The average molecular weight is 182 g/mol. The number of nitrogens with two attached hydrogens (primary N) is 1. The second-order valence-corrected chi connectivity index (χ2v) is 4.36. The molecule has 0 aromatic carbocycles. The predicted octanol–water partition coefficient (Wildman–Crippen LogP) is 2.57. The molecule has 1 aliphatic carbocycles. The van der Waals surface area contributed by atoms with Gasteiger partial charge in [-0.05, 0) is 31.1 Å². The molecule has 0 radical (unpaired) electrons. The first-order valence-electron chi connectivity index (χ1n) is 5.39. The molecule has 0 spiro atoms. The van der Waals surface area contributed by atoms with Gasteiger partial charge in [-0.15, -0.1) is 0 Å². The Morgan fingerprint density at radius 3 is 2.77 bits per heavy atom. The zero-order valence-electron chi connectivity index (χ0n) is 8.84. The molecule has 0 heterocycles. The number of rotatable bonds is 1. The monoisotopic (exact) mass is 182 g/mol. The van der Waals surface area contributed by atoms with E-state index in [1.807, 2.05) is 6.20 Å². The molecule has 1 fully saturated rings. The average Bonchev–Trinajstić information content (AvgIpc) is 2.11. The highest BCUT2D eigenvalue weighted by atomic mass is 15.2. The van der Waals surface area contributed by atoms with Crippen molar-refractivity contribution in [1.82, 2.24) is 5.43 Å². The first kappa shape index (κ1) is 10.6. The molecule has 0 saturated heterocycles. The van der Waals surface area contributed by atoms with Crippen molar-refractivity contribution in [3.05, 3.63) is 11.8 Å².